The van der Waals surface area contributed by atoms with Crippen molar-refractivity contribution in [3.05, 3.63) is 53.6 Å². The average Bonchev–Trinajstić information content (AvgIpc) is 2.72. The smallest absolute Gasteiger partial charge is 0.00307 e. The summed E-state index contributed by atoms with van der Waals surface area (Å²) >= 11 is 0. The molecule has 0 radical (unpaired) electrons. The molecule has 0 saturated carbocycles. The van der Waals surface area contributed by atoms with Gasteiger partial charge in [-0.05, 0) is 28.3 Å². The van der Waals surface area contributed by atoms with Crippen molar-refractivity contribution in [1.29, 1.82) is 0 Å². The average molecular weight is 194 g/mol. The van der Waals surface area contributed by atoms with Gasteiger partial charge in [0.05, 0.1) is 0 Å². The van der Waals surface area contributed by atoms with E-state index in [0.717, 1.165) is 0 Å². The van der Waals surface area contributed by atoms with E-state index in [1.54, 1.807) is 0 Å². The topological polar surface area (TPSA) is 0 Å². The van der Waals surface area contributed by atoms with Crippen LogP contribution >= 0.6 is 0 Å². The van der Waals surface area contributed by atoms with Gasteiger partial charge >= 0.3 is 0 Å². The third-order valence-corrected chi connectivity index (χ3v) is 3.32. The van der Waals surface area contributed by atoms with Crippen LogP contribution in [-0.4, -0.2) is 0 Å². The third kappa shape index (κ3) is 1.21. The van der Waals surface area contributed by atoms with Gasteiger partial charge in [0, 0.05) is 5.92 Å². The second-order valence-corrected chi connectivity index (χ2v) is 4.16. The van der Waals surface area contributed by atoms with Gasteiger partial charge in [0.1, 0.15) is 0 Å². The van der Waals surface area contributed by atoms with E-state index in [9.17, 15) is 0 Å². The minimum Gasteiger partial charge on any atom is -0.0764 e. The van der Waals surface area contributed by atoms with Crippen LogP contribution in [0, 0.1) is 0 Å². The molecule has 0 aromatic heterocycles. The Morgan fingerprint density at radius 1 is 1.07 bits per heavy atom. The number of rotatable bonds is 1. The van der Waals surface area contributed by atoms with Crippen LogP contribution in [0.2, 0.25) is 0 Å². The SMILES string of the molecule is CCC1C=Cc2ccc3ccccc3c21. The highest BCUT2D eigenvalue weighted by atomic mass is 14.2. The van der Waals surface area contributed by atoms with Gasteiger partial charge in [-0.1, -0.05) is 55.5 Å². The largest absolute Gasteiger partial charge is 0.0764 e. The Morgan fingerprint density at radius 3 is 2.80 bits per heavy atom. The van der Waals surface area contributed by atoms with Crippen LogP contribution in [0.25, 0.3) is 16.8 Å². The summed E-state index contributed by atoms with van der Waals surface area (Å²) in [6.45, 7) is 2.26. The molecule has 0 saturated heterocycles. The second-order valence-electron chi connectivity index (χ2n) is 4.16. The molecule has 0 nitrogen and oxygen atoms in total. The molecule has 0 aliphatic heterocycles. The molecule has 0 bridgehead atoms. The van der Waals surface area contributed by atoms with Crippen molar-refractivity contribution in [2.45, 2.75) is 19.3 Å². The molecule has 2 aromatic rings. The molecule has 0 heteroatoms. The Balaban J connectivity index is 2.35. The van der Waals surface area contributed by atoms with E-state index >= 15 is 0 Å². The predicted octanol–water partition coefficient (Wildman–Crippen LogP) is 4.36. The van der Waals surface area contributed by atoms with Crippen molar-refractivity contribution in [2.24, 2.45) is 0 Å². The quantitative estimate of drug-likeness (QED) is 0.632. The van der Waals surface area contributed by atoms with E-state index in [1.165, 1.54) is 28.3 Å². The first kappa shape index (κ1) is 8.72. The van der Waals surface area contributed by atoms with E-state index in [1.807, 2.05) is 0 Å². The lowest BCUT2D eigenvalue weighted by molar-refractivity contribution is 0.825. The number of benzene rings is 2. The van der Waals surface area contributed by atoms with Crippen LogP contribution in [0.15, 0.2) is 42.5 Å². The first-order chi connectivity index (χ1) is 7.40. The summed E-state index contributed by atoms with van der Waals surface area (Å²) < 4.78 is 0. The highest BCUT2D eigenvalue weighted by molar-refractivity contribution is 5.91. The lowest BCUT2D eigenvalue weighted by atomic mass is 9.92. The molecule has 0 N–H and O–H groups in total. The first-order valence-corrected chi connectivity index (χ1v) is 5.60. The molecule has 1 aliphatic rings. The van der Waals surface area contributed by atoms with Crippen molar-refractivity contribution in [2.75, 3.05) is 0 Å². The first-order valence-electron chi connectivity index (χ1n) is 5.60. The van der Waals surface area contributed by atoms with E-state index in [-0.39, 0.29) is 0 Å². The van der Waals surface area contributed by atoms with Gasteiger partial charge < -0.3 is 0 Å². The van der Waals surface area contributed by atoms with Crippen molar-refractivity contribution >= 4 is 16.8 Å². The van der Waals surface area contributed by atoms with E-state index in [0.29, 0.717) is 5.92 Å². The number of allylic oxidation sites excluding steroid dienone is 1. The van der Waals surface area contributed by atoms with Crippen molar-refractivity contribution in [3.63, 3.8) is 0 Å². The van der Waals surface area contributed by atoms with E-state index < -0.39 is 0 Å². The maximum absolute atomic E-state index is 2.33. The van der Waals surface area contributed by atoms with Gasteiger partial charge in [0.2, 0.25) is 0 Å². The van der Waals surface area contributed by atoms with Crippen LogP contribution in [0.4, 0.5) is 0 Å². The fourth-order valence-electron chi connectivity index (χ4n) is 2.53. The second kappa shape index (κ2) is 3.23. The summed E-state index contributed by atoms with van der Waals surface area (Å²) in [5.41, 5.74) is 2.93. The number of fused-ring (bicyclic) bond motifs is 3. The molecule has 74 valence electrons. The maximum Gasteiger partial charge on any atom is 0.00307 e. The highest BCUT2D eigenvalue weighted by Gasteiger charge is 2.17. The Kier molecular flexibility index (Phi) is 1.88. The molecule has 1 atom stereocenters. The summed E-state index contributed by atoms with van der Waals surface area (Å²) in [4.78, 5) is 0. The summed E-state index contributed by atoms with van der Waals surface area (Å²) in [5.74, 6) is 0.617. The Hall–Kier alpha value is -1.56. The van der Waals surface area contributed by atoms with Gasteiger partial charge in [-0.3, -0.25) is 0 Å². The lowest BCUT2D eigenvalue weighted by Gasteiger charge is -2.11. The molecule has 2 aromatic carbocycles. The summed E-state index contributed by atoms with van der Waals surface area (Å²) in [7, 11) is 0. The zero-order valence-electron chi connectivity index (χ0n) is 8.90. The van der Waals surface area contributed by atoms with Crippen LogP contribution in [0.3, 0.4) is 0 Å². The summed E-state index contributed by atoms with van der Waals surface area (Å²) in [6, 6.07) is 13.1. The fraction of sp³-hybridized carbons (Fsp3) is 0.200. The minimum atomic E-state index is 0.617. The van der Waals surface area contributed by atoms with Crippen LogP contribution in [0.5, 0.6) is 0 Å². The number of hydrogen-bond acceptors (Lipinski definition) is 0. The van der Waals surface area contributed by atoms with E-state index in [2.05, 4.69) is 55.5 Å². The van der Waals surface area contributed by atoms with Crippen LogP contribution < -0.4 is 0 Å². The molecule has 0 heterocycles. The Labute approximate surface area is 90.2 Å². The van der Waals surface area contributed by atoms with Crippen molar-refractivity contribution in [1.82, 2.24) is 0 Å². The molecule has 1 aliphatic carbocycles. The molecular formula is C15H14. The van der Waals surface area contributed by atoms with Crippen molar-refractivity contribution < 1.29 is 0 Å². The molecule has 0 fully saturated rings. The highest BCUT2D eigenvalue weighted by Crippen LogP contribution is 2.37. The van der Waals surface area contributed by atoms with Gasteiger partial charge in [-0.15, -0.1) is 0 Å². The molecule has 15 heavy (non-hydrogen) atoms. The zero-order valence-corrected chi connectivity index (χ0v) is 8.90. The molecular weight excluding hydrogens is 180 g/mol. The maximum atomic E-state index is 2.33. The standard InChI is InChI=1S/C15H14/c1-2-11-7-9-13-10-8-12-5-3-4-6-14(12)15(11)13/h3-11H,2H2,1H3. The van der Waals surface area contributed by atoms with Crippen LogP contribution in [0.1, 0.15) is 30.4 Å². The Morgan fingerprint density at radius 2 is 1.93 bits per heavy atom. The summed E-state index contributed by atoms with van der Waals surface area (Å²) in [6.07, 6.45) is 5.78. The molecule has 3 rings (SSSR count). The normalized spacial score (nSPS) is 18.3. The van der Waals surface area contributed by atoms with Gasteiger partial charge in [0.15, 0.2) is 0 Å². The predicted molar refractivity (Wildman–Crippen MR) is 66.0 cm³/mol. The lowest BCUT2D eigenvalue weighted by Crippen LogP contribution is -1.92. The fourth-order valence-corrected chi connectivity index (χ4v) is 2.53. The van der Waals surface area contributed by atoms with Gasteiger partial charge in [-0.2, -0.15) is 0 Å². The van der Waals surface area contributed by atoms with Crippen molar-refractivity contribution in [3.8, 4) is 0 Å². The third-order valence-electron chi connectivity index (χ3n) is 3.32. The Bertz CT molecular complexity index is 535. The molecule has 0 amide bonds. The molecule has 1 unspecified atom stereocenters. The molecule has 0 spiro atoms. The van der Waals surface area contributed by atoms with Gasteiger partial charge in [-0.25, -0.2) is 0 Å². The zero-order chi connectivity index (χ0) is 10.3. The number of hydrogen-bond donors (Lipinski definition) is 0. The monoisotopic (exact) mass is 194 g/mol. The van der Waals surface area contributed by atoms with Crippen LogP contribution in [-0.2, 0) is 0 Å². The van der Waals surface area contributed by atoms with E-state index in [4.69, 9.17) is 0 Å². The summed E-state index contributed by atoms with van der Waals surface area (Å²) in [5, 5.41) is 2.78. The minimum absolute atomic E-state index is 0.617. The van der Waals surface area contributed by atoms with Gasteiger partial charge in [0.25, 0.3) is 0 Å².